The number of likely N-dealkylation sites (N-methyl/N-ethyl adjacent to an activating group) is 1. The summed E-state index contributed by atoms with van der Waals surface area (Å²) < 4.78 is 0. The molecule has 1 fully saturated rings. The molecule has 0 radical (unpaired) electrons. The number of nitrogens with two attached hydrogens (primary N) is 1. The zero-order valence-corrected chi connectivity index (χ0v) is 8.49. The Labute approximate surface area is 79.7 Å². The predicted octanol–water partition coefficient (Wildman–Crippen LogP) is -0.502. The molecule has 2 N–H and O–H groups in total. The van der Waals surface area contributed by atoms with Crippen molar-refractivity contribution in [1.29, 1.82) is 0 Å². The second-order valence-corrected chi connectivity index (χ2v) is 3.93. The van der Waals surface area contributed by atoms with Gasteiger partial charge in [-0.3, -0.25) is 9.69 Å². The maximum absolute atomic E-state index is 11.4. The zero-order chi connectivity index (χ0) is 9.84. The molecule has 0 aromatic rings. The SMILES string of the molecule is CN(C)C(=O)CN1CCCC(N)C1. The normalized spacial score (nSPS) is 24.4. The van der Waals surface area contributed by atoms with Crippen LogP contribution in [0.25, 0.3) is 0 Å². The van der Waals surface area contributed by atoms with Crippen LogP contribution in [-0.4, -0.2) is 55.5 Å². The second-order valence-electron chi connectivity index (χ2n) is 3.93. The van der Waals surface area contributed by atoms with E-state index in [1.165, 1.54) is 0 Å². The van der Waals surface area contributed by atoms with Crippen molar-refractivity contribution in [3.05, 3.63) is 0 Å². The summed E-state index contributed by atoms with van der Waals surface area (Å²) in [6.45, 7) is 2.38. The van der Waals surface area contributed by atoms with E-state index in [4.69, 9.17) is 5.73 Å². The van der Waals surface area contributed by atoms with Crippen molar-refractivity contribution in [3.8, 4) is 0 Å². The topological polar surface area (TPSA) is 49.6 Å². The van der Waals surface area contributed by atoms with E-state index in [1.54, 1.807) is 19.0 Å². The zero-order valence-electron chi connectivity index (χ0n) is 8.49. The average Bonchev–Trinajstić information content (AvgIpc) is 2.04. The molecule has 76 valence electrons. The lowest BCUT2D eigenvalue weighted by atomic mass is 10.1. The molecule has 0 aromatic heterocycles. The van der Waals surface area contributed by atoms with Gasteiger partial charge in [-0.15, -0.1) is 0 Å². The predicted molar refractivity (Wildman–Crippen MR) is 52.3 cm³/mol. The van der Waals surface area contributed by atoms with Crippen LogP contribution in [0.4, 0.5) is 0 Å². The largest absolute Gasteiger partial charge is 0.348 e. The molecule has 0 bridgehead atoms. The van der Waals surface area contributed by atoms with Gasteiger partial charge in [-0.25, -0.2) is 0 Å². The maximum Gasteiger partial charge on any atom is 0.236 e. The first kappa shape index (κ1) is 10.5. The summed E-state index contributed by atoms with van der Waals surface area (Å²) in [5.41, 5.74) is 5.81. The second kappa shape index (κ2) is 4.58. The smallest absolute Gasteiger partial charge is 0.236 e. The van der Waals surface area contributed by atoms with Crippen LogP contribution in [0.5, 0.6) is 0 Å². The third-order valence-corrected chi connectivity index (χ3v) is 2.40. The first-order chi connectivity index (χ1) is 6.09. The Kier molecular flexibility index (Phi) is 3.69. The van der Waals surface area contributed by atoms with Crippen molar-refractivity contribution < 1.29 is 4.79 Å². The van der Waals surface area contributed by atoms with E-state index < -0.39 is 0 Å². The molecule has 1 unspecified atom stereocenters. The van der Waals surface area contributed by atoms with Gasteiger partial charge in [0.1, 0.15) is 0 Å². The van der Waals surface area contributed by atoms with Crippen molar-refractivity contribution in [2.75, 3.05) is 33.7 Å². The molecule has 13 heavy (non-hydrogen) atoms. The van der Waals surface area contributed by atoms with Gasteiger partial charge in [0, 0.05) is 26.7 Å². The van der Waals surface area contributed by atoms with E-state index in [1.807, 2.05) is 0 Å². The molecule has 0 saturated carbocycles. The highest BCUT2D eigenvalue weighted by Gasteiger charge is 2.19. The van der Waals surface area contributed by atoms with E-state index >= 15 is 0 Å². The summed E-state index contributed by atoms with van der Waals surface area (Å²) in [6.07, 6.45) is 2.20. The Morgan fingerprint density at radius 1 is 1.62 bits per heavy atom. The molecular formula is C9H19N3O. The molecule has 1 amide bonds. The standard InChI is InChI=1S/C9H19N3O/c1-11(2)9(13)7-12-5-3-4-8(10)6-12/h8H,3-7,10H2,1-2H3. The van der Waals surface area contributed by atoms with Crippen LogP contribution in [0.3, 0.4) is 0 Å². The van der Waals surface area contributed by atoms with Crippen LogP contribution < -0.4 is 5.73 Å². The molecule has 0 aromatic carbocycles. The monoisotopic (exact) mass is 185 g/mol. The Balaban J connectivity index is 2.31. The number of hydrogen-bond acceptors (Lipinski definition) is 3. The number of likely N-dealkylation sites (tertiary alicyclic amines) is 1. The molecule has 4 heteroatoms. The van der Waals surface area contributed by atoms with E-state index in [9.17, 15) is 4.79 Å². The quantitative estimate of drug-likeness (QED) is 0.631. The number of nitrogens with zero attached hydrogens (tertiary/aromatic N) is 2. The summed E-state index contributed by atoms with van der Waals surface area (Å²) in [6, 6.07) is 0.253. The third-order valence-electron chi connectivity index (χ3n) is 2.40. The average molecular weight is 185 g/mol. The Bertz CT molecular complexity index is 182. The van der Waals surface area contributed by atoms with E-state index in [-0.39, 0.29) is 11.9 Å². The number of hydrogen-bond donors (Lipinski definition) is 1. The van der Waals surface area contributed by atoms with Crippen molar-refractivity contribution in [2.24, 2.45) is 5.73 Å². The molecule has 1 saturated heterocycles. The van der Waals surface area contributed by atoms with Crippen LogP contribution in [0, 0.1) is 0 Å². The number of rotatable bonds is 2. The van der Waals surface area contributed by atoms with Gasteiger partial charge in [-0.05, 0) is 19.4 Å². The highest BCUT2D eigenvalue weighted by Crippen LogP contribution is 2.07. The number of carbonyl (C=O) groups is 1. The van der Waals surface area contributed by atoms with Crippen LogP contribution >= 0.6 is 0 Å². The van der Waals surface area contributed by atoms with E-state index in [0.717, 1.165) is 25.9 Å². The first-order valence-corrected chi connectivity index (χ1v) is 4.77. The van der Waals surface area contributed by atoms with Crippen LogP contribution in [0.15, 0.2) is 0 Å². The summed E-state index contributed by atoms with van der Waals surface area (Å²) in [5, 5.41) is 0. The molecule has 4 nitrogen and oxygen atoms in total. The summed E-state index contributed by atoms with van der Waals surface area (Å²) in [5.74, 6) is 0.161. The van der Waals surface area contributed by atoms with Crippen molar-refractivity contribution in [1.82, 2.24) is 9.80 Å². The van der Waals surface area contributed by atoms with Gasteiger partial charge in [0.25, 0.3) is 0 Å². The minimum atomic E-state index is 0.161. The molecule has 0 aliphatic carbocycles. The number of carbonyl (C=O) groups excluding carboxylic acids is 1. The lowest BCUT2D eigenvalue weighted by Crippen LogP contribution is -2.46. The lowest BCUT2D eigenvalue weighted by Gasteiger charge is -2.30. The molecule has 1 aliphatic rings. The maximum atomic E-state index is 11.4. The van der Waals surface area contributed by atoms with Gasteiger partial charge in [0.2, 0.25) is 5.91 Å². The lowest BCUT2D eigenvalue weighted by molar-refractivity contribution is -0.130. The fraction of sp³-hybridized carbons (Fsp3) is 0.889. The fourth-order valence-electron chi connectivity index (χ4n) is 1.57. The van der Waals surface area contributed by atoms with Crippen LogP contribution in [-0.2, 0) is 4.79 Å². The van der Waals surface area contributed by atoms with Gasteiger partial charge >= 0.3 is 0 Å². The van der Waals surface area contributed by atoms with Gasteiger partial charge in [-0.2, -0.15) is 0 Å². The highest BCUT2D eigenvalue weighted by atomic mass is 16.2. The number of piperidine rings is 1. The molecule has 1 atom stereocenters. The van der Waals surface area contributed by atoms with Crippen molar-refractivity contribution in [2.45, 2.75) is 18.9 Å². The van der Waals surface area contributed by atoms with Crippen LogP contribution in [0.1, 0.15) is 12.8 Å². The molecule has 0 spiro atoms. The Morgan fingerprint density at radius 2 is 2.31 bits per heavy atom. The van der Waals surface area contributed by atoms with Crippen molar-refractivity contribution >= 4 is 5.91 Å². The Hall–Kier alpha value is -0.610. The van der Waals surface area contributed by atoms with E-state index in [2.05, 4.69) is 4.90 Å². The molecular weight excluding hydrogens is 166 g/mol. The van der Waals surface area contributed by atoms with Crippen molar-refractivity contribution in [3.63, 3.8) is 0 Å². The van der Waals surface area contributed by atoms with Gasteiger partial charge in [0.15, 0.2) is 0 Å². The van der Waals surface area contributed by atoms with Crippen LogP contribution in [0.2, 0.25) is 0 Å². The highest BCUT2D eigenvalue weighted by molar-refractivity contribution is 5.77. The van der Waals surface area contributed by atoms with Gasteiger partial charge in [0.05, 0.1) is 6.54 Å². The van der Waals surface area contributed by atoms with Gasteiger partial charge < -0.3 is 10.6 Å². The first-order valence-electron chi connectivity index (χ1n) is 4.77. The summed E-state index contributed by atoms with van der Waals surface area (Å²) >= 11 is 0. The molecule has 1 rings (SSSR count). The minimum absolute atomic E-state index is 0.161. The van der Waals surface area contributed by atoms with Gasteiger partial charge in [-0.1, -0.05) is 0 Å². The minimum Gasteiger partial charge on any atom is -0.348 e. The fourth-order valence-corrected chi connectivity index (χ4v) is 1.57. The summed E-state index contributed by atoms with van der Waals surface area (Å²) in [7, 11) is 3.57. The third kappa shape index (κ3) is 3.32. The van der Waals surface area contributed by atoms with E-state index in [0.29, 0.717) is 6.54 Å². The summed E-state index contributed by atoms with van der Waals surface area (Å²) in [4.78, 5) is 15.1. The molecule has 1 heterocycles. The Morgan fingerprint density at radius 3 is 2.85 bits per heavy atom. The molecule has 1 aliphatic heterocycles. The number of amides is 1.